The Bertz CT molecular complexity index is 1310. The summed E-state index contributed by atoms with van der Waals surface area (Å²) in [6.07, 6.45) is 2.31. The van der Waals surface area contributed by atoms with Gasteiger partial charge in [0.05, 0.1) is 18.4 Å². The Balaban J connectivity index is 0.00000204. The predicted octanol–water partition coefficient (Wildman–Crippen LogP) is 5.38. The lowest BCUT2D eigenvalue weighted by atomic mass is 10.1. The summed E-state index contributed by atoms with van der Waals surface area (Å²) in [5.74, 6) is -0.842. The van der Waals surface area contributed by atoms with Crippen molar-refractivity contribution in [2.75, 3.05) is 13.6 Å². The van der Waals surface area contributed by atoms with Gasteiger partial charge < -0.3 is 5.11 Å². The van der Waals surface area contributed by atoms with Gasteiger partial charge in [-0.2, -0.15) is 0 Å². The van der Waals surface area contributed by atoms with E-state index in [0.29, 0.717) is 34.7 Å². The minimum absolute atomic E-state index is 0. The molecule has 180 valence electrons. The number of aryl methyl sites for hydroxylation is 2. The summed E-state index contributed by atoms with van der Waals surface area (Å²) in [6.45, 7) is 1.11. The third-order valence-corrected chi connectivity index (χ3v) is 6.57. The van der Waals surface area contributed by atoms with Gasteiger partial charge in [0.2, 0.25) is 0 Å². The van der Waals surface area contributed by atoms with Crippen molar-refractivity contribution >= 4 is 63.9 Å². The second kappa shape index (κ2) is 12.3. The van der Waals surface area contributed by atoms with Crippen LogP contribution in [0.4, 0.5) is 0 Å². The number of carboxylic acid groups (broad SMARTS) is 1. The summed E-state index contributed by atoms with van der Waals surface area (Å²) in [5.41, 5.74) is 3.83. The molecule has 4 aromatic rings. The Morgan fingerprint density at radius 3 is 2.38 bits per heavy atom. The maximum Gasteiger partial charge on any atom is 0.317 e. The number of benzene rings is 2. The van der Waals surface area contributed by atoms with Gasteiger partial charge in [-0.25, -0.2) is 4.98 Å². The first-order chi connectivity index (χ1) is 15.4. The molecule has 2 aromatic carbocycles. The Hall–Kier alpha value is -2.42. The molecular weight excluding hydrogens is 517 g/mol. The first-order valence-corrected chi connectivity index (χ1v) is 11.3. The maximum atomic E-state index is 13.0. The molecule has 2 aromatic heterocycles. The fourth-order valence-corrected chi connectivity index (χ4v) is 4.71. The van der Waals surface area contributed by atoms with Gasteiger partial charge in [0.15, 0.2) is 0 Å². The van der Waals surface area contributed by atoms with Crippen molar-refractivity contribution in [2.24, 2.45) is 0 Å². The highest BCUT2D eigenvalue weighted by Gasteiger charge is 2.11. The lowest BCUT2D eigenvalue weighted by Crippen LogP contribution is -2.25. The number of aliphatic carboxylic acids is 1. The van der Waals surface area contributed by atoms with Crippen LogP contribution in [0.2, 0.25) is 5.02 Å². The number of hydrogen-bond acceptors (Lipinski definition) is 5. The van der Waals surface area contributed by atoms with E-state index in [4.69, 9.17) is 16.7 Å². The van der Waals surface area contributed by atoms with Crippen LogP contribution in [0.15, 0.2) is 65.7 Å². The Labute approximate surface area is 218 Å². The largest absolute Gasteiger partial charge is 0.480 e. The second-order valence-electron chi connectivity index (χ2n) is 7.71. The summed E-state index contributed by atoms with van der Waals surface area (Å²) in [5, 5.41) is 9.54. The average Bonchev–Trinajstić information content (AvgIpc) is 3.19. The third kappa shape index (κ3) is 6.81. The third-order valence-electron chi connectivity index (χ3n) is 5.15. The van der Waals surface area contributed by atoms with Gasteiger partial charge in [0, 0.05) is 23.0 Å². The first kappa shape index (κ1) is 27.8. The number of hydrogen-bond donors (Lipinski definition) is 1. The lowest BCUT2D eigenvalue weighted by Gasteiger charge is -2.14. The number of carbonyl (C=O) groups is 1. The van der Waals surface area contributed by atoms with Crippen molar-refractivity contribution < 1.29 is 9.90 Å². The van der Waals surface area contributed by atoms with E-state index in [1.54, 1.807) is 22.8 Å². The van der Waals surface area contributed by atoms with Gasteiger partial charge in [0.1, 0.15) is 4.70 Å². The van der Waals surface area contributed by atoms with Crippen LogP contribution < -0.4 is 5.56 Å². The molecule has 0 aliphatic heterocycles. The normalized spacial score (nSPS) is 10.7. The highest BCUT2D eigenvalue weighted by molar-refractivity contribution is 7.22. The molecule has 0 bridgehead atoms. The van der Waals surface area contributed by atoms with Crippen LogP contribution in [0.3, 0.4) is 0 Å². The van der Waals surface area contributed by atoms with Crippen molar-refractivity contribution in [3.8, 4) is 10.4 Å². The Morgan fingerprint density at radius 1 is 1.09 bits per heavy atom. The summed E-state index contributed by atoms with van der Waals surface area (Å²) >= 11 is 7.42. The summed E-state index contributed by atoms with van der Waals surface area (Å²) in [4.78, 5) is 31.0. The van der Waals surface area contributed by atoms with Gasteiger partial charge in [-0.15, -0.1) is 36.2 Å². The van der Waals surface area contributed by atoms with Crippen LogP contribution in [0.5, 0.6) is 0 Å². The number of carboxylic acids is 1. The molecule has 2 heterocycles. The van der Waals surface area contributed by atoms with E-state index in [1.807, 2.05) is 54.6 Å². The fourth-order valence-electron chi connectivity index (χ4n) is 3.52. The lowest BCUT2D eigenvalue weighted by molar-refractivity contribution is -0.138. The molecule has 0 saturated heterocycles. The van der Waals surface area contributed by atoms with Gasteiger partial charge in [-0.1, -0.05) is 48.0 Å². The molecule has 0 aliphatic rings. The zero-order valence-corrected chi connectivity index (χ0v) is 21.5. The molecular formula is C24H24Cl3N3O3S. The number of halogens is 3. The van der Waals surface area contributed by atoms with Gasteiger partial charge in [-0.05, 0) is 48.4 Å². The molecule has 10 heteroatoms. The van der Waals surface area contributed by atoms with E-state index in [2.05, 4.69) is 4.98 Å². The predicted molar refractivity (Wildman–Crippen MR) is 143 cm³/mol. The molecule has 0 spiro atoms. The molecule has 0 aliphatic carbocycles. The fraction of sp³-hybridized carbons (Fsp3) is 0.208. The minimum atomic E-state index is -0.842. The van der Waals surface area contributed by atoms with Crippen LogP contribution in [0, 0.1) is 0 Å². The number of aromatic nitrogens is 2. The van der Waals surface area contributed by atoms with E-state index in [-0.39, 0.29) is 36.9 Å². The van der Waals surface area contributed by atoms with Crippen molar-refractivity contribution in [1.82, 2.24) is 14.5 Å². The molecule has 1 N–H and O–H groups in total. The van der Waals surface area contributed by atoms with E-state index in [9.17, 15) is 9.59 Å². The minimum Gasteiger partial charge on any atom is -0.480 e. The van der Waals surface area contributed by atoms with Crippen LogP contribution in [0.25, 0.3) is 20.7 Å². The van der Waals surface area contributed by atoms with Crippen LogP contribution in [-0.4, -0.2) is 39.1 Å². The number of likely N-dealkylation sites (N-methyl/N-ethyl adjacent to an activating group) is 1. The summed E-state index contributed by atoms with van der Waals surface area (Å²) < 4.78 is 2.30. The second-order valence-corrected chi connectivity index (χ2v) is 9.20. The standard InChI is InChI=1S/C24H22ClN3O3S.2ClH/c1-27(14-22(29)30)13-17-4-2-16(3-5-17)10-11-28-15-26-20-12-21(32-23(20)24(28)31)18-6-8-19(25)9-7-18;;/h2-9,12,15H,10-11,13-14H2,1H3,(H,29,30);2*1H. The van der Waals surface area contributed by atoms with Crippen molar-refractivity contribution in [2.45, 2.75) is 19.5 Å². The molecule has 0 saturated carbocycles. The Kier molecular flexibility index (Phi) is 10.1. The summed E-state index contributed by atoms with van der Waals surface area (Å²) in [7, 11) is 1.78. The Morgan fingerprint density at radius 2 is 1.74 bits per heavy atom. The maximum absolute atomic E-state index is 13.0. The van der Waals surface area contributed by atoms with E-state index in [0.717, 1.165) is 21.6 Å². The van der Waals surface area contributed by atoms with Crippen LogP contribution in [-0.2, 0) is 24.3 Å². The van der Waals surface area contributed by atoms with Gasteiger partial charge >= 0.3 is 5.97 Å². The van der Waals surface area contributed by atoms with Crippen LogP contribution >= 0.6 is 47.8 Å². The molecule has 34 heavy (non-hydrogen) atoms. The number of fused-ring (bicyclic) bond motifs is 1. The van der Waals surface area contributed by atoms with E-state index < -0.39 is 5.97 Å². The zero-order chi connectivity index (χ0) is 22.7. The van der Waals surface area contributed by atoms with Gasteiger partial charge in [-0.3, -0.25) is 19.1 Å². The van der Waals surface area contributed by atoms with E-state index in [1.165, 1.54) is 11.3 Å². The quantitative estimate of drug-likeness (QED) is 0.325. The zero-order valence-electron chi connectivity index (χ0n) is 18.3. The topological polar surface area (TPSA) is 75.4 Å². The highest BCUT2D eigenvalue weighted by Crippen LogP contribution is 2.31. The molecule has 0 unspecified atom stereocenters. The van der Waals surface area contributed by atoms with E-state index >= 15 is 0 Å². The average molecular weight is 541 g/mol. The van der Waals surface area contributed by atoms with Gasteiger partial charge in [0.25, 0.3) is 5.56 Å². The molecule has 6 nitrogen and oxygen atoms in total. The number of rotatable bonds is 8. The molecule has 0 radical (unpaired) electrons. The highest BCUT2D eigenvalue weighted by atomic mass is 35.5. The van der Waals surface area contributed by atoms with Crippen molar-refractivity contribution in [1.29, 1.82) is 0 Å². The molecule has 4 rings (SSSR count). The molecule has 0 amide bonds. The number of nitrogens with zero attached hydrogens (tertiary/aromatic N) is 3. The summed E-state index contributed by atoms with van der Waals surface area (Å²) in [6, 6.07) is 17.5. The first-order valence-electron chi connectivity index (χ1n) is 10.1. The monoisotopic (exact) mass is 539 g/mol. The van der Waals surface area contributed by atoms with Crippen molar-refractivity contribution in [3.05, 3.63) is 87.4 Å². The smallest absolute Gasteiger partial charge is 0.317 e. The van der Waals surface area contributed by atoms with Crippen LogP contribution in [0.1, 0.15) is 11.1 Å². The number of thiophene rings is 1. The molecule has 0 atom stereocenters. The molecule has 0 fully saturated rings. The van der Waals surface area contributed by atoms with Crippen molar-refractivity contribution in [3.63, 3.8) is 0 Å². The SMILES string of the molecule is CN(CC(=O)O)Cc1ccc(CCn2cnc3cc(-c4ccc(Cl)cc4)sc3c2=O)cc1.Cl.Cl.